The zero-order valence-electron chi connectivity index (χ0n) is 13.5. The molecule has 1 aliphatic heterocycles. The highest BCUT2D eigenvalue weighted by Crippen LogP contribution is 2.22. The number of hydrogen-bond donors (Lipinski definition) is 1. The smallest absolute Gasteiger partial charge is 0.264 e. The van der Waals surface area contributed by atoms with E-state index in [0.717, 1.165) is 17.7 Å². The fraction of sp³-hybridized carbons (Fsp3) is 0.333. The first-order valence-electron chi connectivity index (χ1n) is 7.94. The SMILES string of the molecule is COc1ccc(CNC(=O)C2CCCN2C(=O)c2cccs2)cc1. The van der Waals surface area contributed by atoms with E-state index in [0.29, 0.717) is 24.4 Å². The van der Waals surface area contributed by atoms with E-state index < -0.39 is 0 Å². The van der Waals surface area contributed by atoms with E-state index in [1.807, 2.05) is 35.7 Å². The second-order valence-electron chi connectivity index (χ2n) is 5.70. The molecular formula is C18H20N2O3S. The van der Waals surface area contributed by atoms with E-state index in [-0.39, 0.29) is 17.9 Å². The second-order valence-corrected chi connectivity index (χ2v) is 6.65. The summed E-state index contributed by atoms with van der Waals surface area (Å²) < 4.78 is 5.12. The zero-order chi connectivity index (χ0) is 16.9. The van der Waals surface area contributed by atoms with Gasteiger partial charge in [0.1, 0.15) is 11.8 Å². The van der Waals surface area contributed by atoms with Crippen molar-refractivity contribution in [1.29, 1.82) is 0 Å². The Labute approximate surface area is 145 Å². The second kappa shape index (κ2) is 7.49. The predicted molar refractivity (Wildman–Crippen MR) is 93.2 cm³/mol. The van der Waals surface area contributed by atoms with Crippen LogP contribution in [0.2, 0.25) is 0 Å². The highest BCUT2D eigenvalue weighted by atomic mass is 32.1. The molecule has 2 heterocycles. The van der Waals surface area contributed by atoms with Crippen LogP contribution in [0, 0.1) is 0 Å². The Morgan fingerprint density at radius 2 is 2.08 bits per heavy atom. The molecule has 6 heteroatoms. The van der Waals surface area contributed by atoms with Crippen molar-refractivity contribution in [3.05, 3.63) is 52.2 Å². The number of rotatable bonds is 5. The largest absolute Gasteiger partial charge is 0.497 e. The van der Waals surface area contributed by atoms with Gasteiger partial charge in [0, 0.05) is 13.1 Å². The molecule has 2 aromatic rings. The van der Waals surface area contributed by atoms with Crippen LogP contribution in [0.5, 0.6) is 5.75 Å². The minimum atomic E-state index is -0.377. The molecule has 1 N–H and O–H groups in total. The van der Waals surface area contributed by atoms with E-state index in [4.69, 9.17) is 4.74 Å². The maximum Gasteiger partial charge on any atom is 0.264 e. The van der Waals surface area contributed by atoms with Crippen molar-refractivity contribution in [2.45, 2.75) is 25.4 Å². The molecule has 24 heavy (non-hydrogen) atoms. The first-order valence-corrected chi connectivity index (χ1v) is 8.82. The van der Waals surface area contributed by atoms with Crippen LogP contribution in [0.4, 0.5) is 0 Å². The highest BCUT2D eigenvalue weighted by molar-refractivity contribution is 7.12. The van der Waals surface area contributed by atoms with Crippen LogP contribution in [0.3, 0.4) is 0 Å². The van der Waals surface area contributed by atoms with Crippen molar-refractivity contribution >= 4 is 23.2 Å². The summed E-state index contributed by atoms with van der Waals surface area (Å²) in [6.45, 7) is 1.08. The summed E-state index contributed by atoms with van der Waals surface area (Å²) in [6, 6.07) is 10.8. The van der Waals surface area contributed by atoms with Gasteiger partial charge in [0.2, 0.25) is 5.91 Å². The normalized spacial score (nSPS) is 16.9. The van der Waals surface area contributed by atoms with Gasteiger partial charge in [0.15, 0.2) is 0 Å². The molecule has 0 bridgehead atoms. The lowest BCUT2D eigenvalue weighted by molar-refractivity contribution is -0.125. The van der Waals surface area contributed by atoms with Gasteiger partial charge in [-0.05, 0) is 42.0 Å². The Balaban J connectivity index is 1.60. The van der Waals surface area contributed by atoms with Crippen molar-refractivity contribution in [3.63, 3.8) is 0 Å². The maximum atomic E-state index is 12.5. The Hall–Kier alpha value is -2.34. The number of nitrogens with one attached hydrogen (secondary N) is 1. The number of likely N-dealkylation sites (tertiary alicyclic amines) is 1. The molecule has 1 atom stereocenters. The lowest BCUT2D eigenvalue weighted by atomic mass is 10.1. The molecule has 1 fully saturated rings. The molecule has 0 saturated carbocycles. The number of carbonyl (C=O) groups is 2. The van der Waals surface area contributed by atoms with Gasteiger partial charge < -0.3 is 15.0 Å². The molecule has 1 aromatic heterocycles. The molecule has 1 aromatic carbocycles. The standard InChI is InChI=1S/C18H20N2O3S/c1-23-14-8-6-13(7-9-14)12-19-17(21)15-4-2-10-20(15)18(22)16-5-3-11-24-16/h3,5-9,11,15H,2,4,10,12H2,1H3,(H,19,21). The molecular weight excluding hydrogens is 324 g/mol. The fourth-order valence-electron chi connectivity index (χ4n) is 2.87. The minimum absolute atomic E-state index is 0.0490. The van der Waals surface area contributed by atoms with Gasteiger partial charge >= 0.3 is 0 Å². The summed E-state index contributed by atoms with van der Waals surface area (Å²) in [5.41, 5.74) is 0.998. The van der Waals surface area contributed by atoms with Gasteiger partial charge in [0.25, 0.3) is 5.91 Å². The van der Waals surface area contributed by atoms with Crippen molar-refractivity contribution in [1.82, 2.24) is 10.2 Å². The first kappa shape index (κ1) is 16.5. The van der Waals surface area contributed by atoms with E-state index >= 15 is 0 Å². The Kier molecular flexibility index (Phi) is 5.15. The molecule has 0 spiro atoms. The van der Waals surface area contributed by atoms with Crippen LogP contribution < -0.4 is 10.1 Å². The summed E-state index contributed by atoms with van der Waals surface area (Å²) in [6.07, 6.45) is 1.57. The summed E-state index contributed by atoms with van der Waals surface area (Å²) >= 11 is 1.41. The average Bonchev–Trinajstić information content (AvgIpc) is 3.31. The lowest BCUT2D eigenvalue weighted by Gasteiger charge is -2.23. The van der Waals surface area contributed by atoms with Gasteiger partial charge in [-0.15, -0.1) is 11.3 Å². The maximum absolute atomic E-state index is 12.5. The van der Waals surface area contributed by atoms with Crippen molar-refractivity contribution in [2.24, 2.45) is 0 Å². The number of nitrogens with zero attached hydrogens (tertiary/aromatic N) is 1. The quantitative estimate of drug-likeness (QED) is 0.907. The lowest BCUT2D eigenvalue weighted by Crippen LogP contribution is -2.45. The molecule has 5 nitrogen and oxygen atoms in total. The van der Waals surface area contributed by atoms with Gasteiger partial charge in [-0.2, -0.15) is 0 Å². The molecule has 1 saturated heterocycles. The summed E-state index contributed by atoms with van der Waals surface area (Å²) in [7, 11) is 1.62. The molecule has 0 radical (unpaired) electrons. The van der Waals surface area contributed by atoms with E-state index in [9.17, 15) is 9.59 Å². The summed E-state index contributed by atoms with van der Waals surface area (Å²) in [5.74, 6) is 0.647. The third-order valence-corrected chi connectivity index (χ3v) is 5.03. The zero-order valence-corrected chi connectivity index (χ0v) is 14.3. The first-order chi connectivity index (χ1) is 11.7. The third kappa shape index (κ3) is 3.59. The van der Waals surface area contributed by atoms with Crippen LogP contribution >= 0.6 is 11.3 Å². The van der Waals surface area contributed by atoms with E-state index in [1.54, 1.807) is 18.1 Å². The van der Waals surface area contributed by atoms with E-state index in [2.05, 4.69) is 5.32 Å². The van der Waals surface area contributed by atoms with Crippen molar-refractivity contribution < 1.29 is 14.3 Å². The number of thiophene rings is 1. The molecule has 1 unspecified atom stereocenters. The van der Waals surface area contributed by atoms with Crippen LogP contribution in [0.1, 0.15) is 28.1 Å². The van der Waals surface area contributed by atoms with Gasteiger partial charge in [-0.25, -0.2) is 0 Å². The Bertz CT molecular complexity index is 698. The minimum Gasteiger partial charge on any atom is -0.497 e. The third-order valence-electron chi connectivity index (χ3n) is 4.17. The highest BCUT2D eigenvalue weighted by Gasteiger charge is 2.34. The van der Waals surface area contributed by atoms with Crippen molar-refractivity contribution in [2.75, 3.05) is 13.7 Å². The molecule has 1 aliphatic rings. The predicted octanol–water partition coefficient (Wildman–Crippen LogP) is 2.68. The van der Waals surface area contributed by atoms with Crippen LogP contribution in [-0.2, 0) is 11.3 Å². The summed E-state index contributed by atoms with van der Waals surface area (Å²) in [4.78, 5) is 27.4. The topological polar surface area (TPSA) is 58.6 Å². The van der Waals surface area contributed by atoms with Crippen molar-refractivity contribution in [3.8, 4) is 5.75 Å². The molecule has 2 amide bonds. The summed E-state index contributed by atoms with van der Waals surface area (Å²) in [5, 5.41) is 4.82. The Morgan fingerprint density at radius 1 is 1.29 bits per heavy atom. The monoisotopic (exact) mass is 344 g/mol. The molecule has 0 aliphatic carbocycles. The van der Waals surface area contributed by atoms with Gasteiger partial charge in [-0.1, -0.05) is 18.2 Å². The number of methoxy groups -OCH3 is 1. The Morgan fingerprint density at radius 3 is 2.75 bits per heavy atom. The van der Waals surface area contributed by atoms with Gasteiger partial charge in [0.05, 0.1) is 12.0 Å². The van der Waals surface area contributed by atoms with E-state index in [1.165, 1.54) is 11.3 Å². The molecule has 126 valence electrons. The number of carbonyl (C=O) groups excluding carboxylic acids is 2. The number of benzene rings is 1. The van der Waals surface area contributed by atoms with Crippen LogP contribution in [0.25, 0.3) is 0 Å². The fourth-order valence-corrected chi connectivity index (χ4v) is 3.55. The number of amides is 2. The number of hydrogen-bond acceptors (Lipinski definition) is 4. The van der Waals surface area contributed by atoms with Crippen LogP contribution in [-0.4, -0.2) is 36.4 Å². The average molecular weight is 344 g/mol. The van der Waals surface area contributed by atoms with Gasteiger partial charge in [-0.3, -0.25) is 9.59 Å². The number of ether oxygens (including phenoxy) is 1. The van der Waals surface area contributed by atoms with Crippen LogP contribution in [0.15, 0.2) is 41.8 Å². The molecule has 3 rings (SSSR count).